The van der Waals surface area contributed by atoms with E-state index in [9.17, 15) is 9.59 Å². The molecule has 0 radical (unpaired) electrons. The quantitative estimate of drug-likeness (QED) is 0.381. The molecule has 1 aliphatic heterocycles. The maximum atomic E-state index is 13.0. The highest BCUT2D eigenvalue weighted by molar-refractivity contribution is 8.22. The Hall–Kier alpha value is -2.76. The summed E-state index contributed by atoms with van der Waals surface area (Å²) in [5, 5.41) is 0. The first-order chi connectivity index (χ1) is 18.9. The lowest BCUT2D eigenvalue weighted by atomic mass is 9.76. The minimum atomic E-state index is -0.830. The van der Waals surface area contributed by atoms with Gasteiger partial charge in [-0.3, -0.25) is 14.3 Å². The first-order valence-electron chi connectivity index (χ1n) is 12.9. The summed E-state index contributed by atoms with van der Waals surface area (Å²) in [5.74, 6) is -0.379. The Labute approximate surface area is 236 Å². The van der Waals surface area contributed by atoms with Crippen LogP contribution in [-0.2, 0) is 32.2 Å². The van der Waals surface area contributed by atoms with Crippen LogP contribution in [0.2, 0.25) is 0 Å². The van der Waals surface area contributed by atoms with Gasteiger partial charge in [0, 0.05) is 11.8 Å². The number of hydrogen-bond acceptors (Lipinski definition) is 8. The number of H-pyrrole nitrogens is 1. The molecule has 2 fully saturated rings. The molecule has 2 heterocycles. The van der Waals surface area contributed by atoms with Crippen molar-refractivity contribution in [2.75, 3.05) is 12.9 Å². The monoisotopic (exact) mass is 568 g/mol. The van der Waals surface area contributed by atoms with E-state index in [4.69, 9.17) is 31.2 Å². The summed E-state index contributed by atoms with van der Waals surface area (Å²) < 4.78 is 27.7. The Balaban J connectivity index is 1.51. The molecule has 0 amide bonds. The Morgan fingerprint density at radius 3 is 2.44 bits per heavy atom. The molecule has 0 unspecified atom stereocenters. The van der Waals surface area contributed by atoms with Crippen LogP contribution in [0, 0.1) is 12.8 Å². The molecule has 1 saturated heterocycles. The molecule has 39 heavy (non-hydrogen) atoms. The zero-order valence-corrected chi connectivity index (χ0v) is 23.5. The standard InChI is InChI=1S/C29H32N2O6S2/c1-19-15-31(27(33)30-25(19)32)26-23-22(36-28(38)39-2)13-14-29(37-26,18-34-16-20-9-5-3-6-10-20)24(23)35-17-21-11-7-4-8-12-21/h3-12,15,22-24,26H,13-14,16-18H2,1-2H3,(H,30,32,33)/t22-,23+,24-,26+,29+/m0/s1. The highest BCUT2D eigenvalue weighted by Gasteiger charge is 2.63. The predicted molar refractivity (Wildman–Crippen MR) is 154 cm³/mol. The Bertz CT molecular complexity index is 1400. The Morgan fingerprint density at radius 1 is 1.10 bits per heavy atom. The number of benzene rings is 2. The normalized spacial score (nSPS) is 25.9. The molecule has 1 N–H and O–H groups in total. The Morgan fingerprint density at radius 2 is 1.77 bits per heavy atom. The summed E-state index contributed by atoms with van der Waals surface area (Å²) in [6.45, 7) is 2.71. The molecule has 0 spiro atoms. The SMILES string of the molecule is CSC(=S)O[C@H]1CC[C@]2(COCc3ccccc3)O[C@@H](n3cc(C)c(=O)[nH]c3=O)[C@H]1[C@@H]2OCc1ccccc1. The van der Waals surface area contributed by atoms with Gasteiger partial charge < -0.3 is 18.9 Å². The van der Waals surface area contributed by atoms with Gasteiger partial charge in [0.1, 0.15) is 17.9 Å². The van der Waals surface area contributed by atoms with Gasteiger partial charge in [-0.1, -0.05) is 72.4 Å². The molecule has 1 aliphatic carbocycles. The zero-order chi connectivity index (χ0) is 27.4. The summed E-state index contributed by atoms with van der Waals surface area (Å²) in [7, 11) is 0. The molecule has 2 bridgehead atoms. The molecule has 10 heteroatoms. The van der Waals surface area contributed by atoms with Gasteiger partial charge in [0.15, 0.2) is 0 Å². The molecule has 5 rings (SSSR count). The summed E-state index contributed by atoms with van der Waals surface area (Å²) in [5.41, 5.74) is 0.685. The fourth-order valence-electron chi connectivity index (χ4n) is 5.50. The number of fused-ring (bicyclic) bond motifs is 2. The summed E-state index contributed by atoms with van der Waals surface area (Å²) >= 11 is 6.78. The number of thiocarbonyl (C=S) groups is 1. The number of nitrogens with zero attached hydrogens (tertiary/aromatic N) is 1. The van der Waals surface area contributed by atoms with E-state index < -0.39 is 29.2 Å². The van der Waals surface area contributed by atoms with Crippen molar-refractivity contribution in [2.45, 2.75) is 57.0 Å². The molecule has 2 aromatic carbocycles. The molecule has 206 valence electrons. The largest absolute Gasteiger partial charge is 0.475 e. The van der Waals surface area contributed by atoms with Crippen molar-refractivity contribution >= 4 is 28.4 Å². The van der Waals surface area contributed by atoms with Crippen LogP contribution in [0.4, 0.5) is 0 Å². The van der Waals surface area contributed by atoms with Crippen molar-refractivity contribution in [1.82, 2.24) is 9.55 Å². The predicted octanol–water partition coefficient (Wildman–Crippen LogP) is 4.36. The van der Waals surface area contributed by atoms with Crippen LogP contribution < -0.4 is 11.2 Å². The molecule has 3 aromatic rings. The number of aromatic amines is 1. The second kappa shape index (κ2) is 12.2. The van der Waals surface area contributed by atoms with Crippen molar-refractivity contribution in [3.8, 4) is 0 Å². The van der Waals surface area contributed by atoms with Crippen LogP contribution in [0.1, 0.15) is 35.8 Å². The zero-order valence-electron chi connectivity index (χ0n) is 21.9. The number of thioether (sulfide) groups is 1. The molecule has 8 nitrogen and oxygen atoms in total. The third-order valence-corrected chi connectivity index (χ3v) is 8.42. The fourth-order valence-corrected chi connectivity index (χ4v) is 5.84. The van der Waals surface area contributed by atoms with Gasteiger partial charge in [0.25, 0.3) is 5.56 Å². The summed E-state index contributed by atoms with van der Waals surface area (Å²) in [6.07, 6.45) is 3.11. The first-order valence-corrected chi connectivity index (χ1v) is 14.6. The van der Waals surface area contributed by atoms with Crippen LogP contribution in [0.5, 0.6) is 0 Å². The highest BCUT2D eigenvalue weighted by Crippen LogP contribution is 2.53. The van der Waals surface area contributed by atoms with Gasteiger partial charge in [-0.15, -0.1) is 0 Å². The van der Waals surface area contributed by atoms with Crippen LogP contribution >= 0.6 is 24.0 Å². The van der Waals surface area contributed by atoms with E-state index in [2.05, 4.69) is 4.98 Å². The van der Waals surface area contributed by atoms with Crippen molar-refractivity contribution in [3.05, 3.63) is 104 Å². The molecule has 2 aliphatic rings. The van der Waals surface area contributed by atoms with Crippen LogP contribution in [0.25, 0.3) is 0 Å². The molecular formula is C29H32N2O6S2. The van der Waals surface area contributed by atoms with Gasteiger partial charge in [0.05, 0.1) is 31.8 Å². The summed E-state index contributed by atoms with van der Waals surface area (Å²) in [6, 6.07) is 19.9. The lowest BCUT2D eigenvalue weighted by Gasteiger charge is -2.41. The van der Waals surface area contributed by atoms with E-state index in [1.807, 2.05) is 66.9 Å². The van der Waals surface area contributed by atoms with Crippen molar-refractivity contribution in [1.29, 1.82) is 0 Å². The summed E-state index contributed by atoms with van der Waals surface area (Å²) in [4.78, 5) is 27.6. The van der Waals surface area contributed by atoms with E-state index in [1.165, 1.54) is 16.3 Å². The molecule has 1 saturated carbocycles. The average Bonchev–Trinajstić information content (AvgIpc) is 3.17. The number of nitrogens with one attached hydrogen (secondary N) is 1. The van der Waals surface area contributed by atoms with Crippen molar-refractivity contribution in [2.24, 2.45) is 5.92 Å². The number of hydrogen-bond donors (Lipinski definition) is 1. The maximum absolute atomic E-state index is 13.0. The Kier molecular flexibility index (Phi) is 8.68. The fraction of sp³-hybridized carbons (Fsp3) is 0.414. The van der Waals surface area contributed by atoms with Gasteiger partial charge in [-0.05, 0) is 49.4 Å². The van der Waals surface area contributed by atoms with Crippen LogP contribution in [-0.4, -0.2) is 44.6 Å². The van der Waals surface area contributed by atoms with Gasteiger partial charge in [-0.2, -0.15) is 0 Å². The second-order valence-corrected chi connectivity index (χ2v) is 11.4. The number of aryl methyl sites for hydroxylation is 1. The van der Waals surface area contributed by atoms with Crippen LogP contribution in [0.3, 0.4) is 0 Å². The molecule has 1 aromatic heterocycles. The van der Waals surface area contributed by atoms with Gasteiger partial charge in [-0.25, -0.2) is 4.79 Å². The first kappa shape index (κ1) is 27.8. The number of aromatic nitrogens is 2. The van der Waals surface area contributed by atoms with E-state index in [-0.39, 0.29) is 18.6 Å². The molecule has 5 atom stereocenters. The highest BCUT2D eigenvalue weighted by atomic mass is 32.2. The van der Waals surface area contributed by atoms with Crippen molar-refractivity contribution < 1.29 is 18.9 Å². The molecular weight excluding hydrogens is 536 g/mol. The maximum Gasteiger partial charge on any atom is 0.330 e. The van der Waals surface area contributed by atoms with Gasteiger partial charge >= 0.3 is 5.69 Å². The lowest BCUT2D eigenvalue weighted by molar-refractivity contribution is -0.167. The van der Waals surface area contributed by atoms with E-state index in [0.717, 1.165) is 11.1 Å². The van der Waals surface area contributed by atoms with Gasteiger partial charge in [0.2, 0.25) is 4.38 Å². The third kappa shape index (κ3) is 6.05. The number of ether oxygens (including phenoxy) is 4. The van der Waals surface area contributed by atoms with Crippen LogP contribution in [0.15, 0.2) is 76.4 Å². The second-order valence-electron chi connectivity index (χ2n) is 9.97. The van der Waals surface area contributed by atoms with E-state index in [1.54, 1.807) is 13.1 Å². The minimum absolute atomic E-state index is 0.269. The smallest absolute Gasteiger partial charge is 0.330 e. The number of rotatable bonds is 9. The average molecular weight is 569 g/mol. The van der Waals surface area contributed by atoms with E-state index >= 15 is 0 Å². The lowest BCUT2D eigenvalue weighted by Crippen LogP contribution is -2.53. The van der Waals surface area contributed by atoms with Crippen molar-refractivity contribution in [3.63, 3.8) is 0 Å². The van der Waals surface area contributed by atoms with E-state index in [0.29, 0.717) is 36.0 Å². The third-order valence-electron chi connectivity index (χ3n) is 7.40. The topological polar surface area (TPSA) is 91.8 Å². The minimum Gasteiger partial charge on any atom is -0.475 e.